The Labute approximate surface area is 123 Å². The summed E-state index contributed by atoms with van der Waals surface area (Å²) in [6, 6.07) is 5.00. The van der Waals surface area contributed by atoms with E-state index in [1.165, 1.54) is 24.3 Å². The summed E-state index contributed by atoms with van der Waals surface area (Å²) in [4.78, 5) is 12.2. The number of rotatable bonds is 6. The van der Waals surface area contributed by atoms with Gasteiger partial charge in [0.2, 0.25) is 0 Å². The van der Waals surface area contributed by atoms with Gasteiger partial charge in [-0.3, -0.25) is 4.79 Å². The molecule has 0 aliphatic rings. The first-order valence-electron chi connectivity index (χ1n) is 6.38. The largest absolute Gasteiger partial charge is 0.409 e. The highest BCUT2D eigenvalue weighted by molar-refractivity contribution is 7.90. The van der Waals surface area contributed by atoms with E-state index in [2.05, 4.69) is 10.5 Å². The van der Waals surface area contributed by atoms with E-state index in [-0.39, 0.29) is 10.7 Å². The number of nitrogens with two attached hydrogens (primary N) is 1. The monoisotopic (exact) mass is 313 g/mol. The van der Waals surface area contributed by atoms with Crippen LogP contribution in [0.2, 0.25) is 0 Å². The maximum absolute atomic E-state index is 12.1. The van der Waals surface area contributed by atoms with Crippen molar-refractivity contribution in [3.05, 3.63) is 29.8 Å². The van der Waals surface area contributed by atoms with Crippen LogP contribution in [0.4, 0.5) is 0 Å². The van der Waals surface area contributed by atoms with Gasteiger partial charge in [0.1, 0.15) is 0 Å². The smallest absolute Gasteiger partial charge is 0.251 e. The Hall–Kier alpha value is -2.09. The molecule has 0 radical (unpaired) electrons. The number of carbonyl (C=O) groups excluding carboxylic acids is 1. The van der Waals surface area contributed by atoms with E-state index < -0.39 is 21.8 Å². The second kappa shape index (κ2) is 7.07. The number of sulfone groups is 1. The van der Waals surface area contributed by atoms with Gasteiger partial charge in [-0.15, -0.1) is 0 Å². The minimum absolute atomic E-state index is 0.0713. The average Bonchev–Trinajstić information content (AvgIpc) is 2.45. The summed E-state index contributed by atoms with van der Waals surface area (Å²) in [5.41, 5.74) is 5.82. The maximum atomic E-state index is 12.1. The fourth-order valence-corrected chi connectivity index (χ4v) is 2.38. The van der Waals surface area contributed by atoms with Crippen molar-refractivity contribution >= 4 is 21.6 Å². The van der Waals surface area contributed by atoms with Crippen LogP contribution in [0.3, 0.4) is 0 Å². The zero-order chi connectivity index (χ0) is 16.0. The summed E-state index contributed by atoms with van der Waals surface area (Å²) in [7, 11) is -3.30. The molecule has 0 aromatic heterocycles. The van der Waals surface area contributed by atoms with Gasteiger partial charge in [-0.1, -0.05) is 18.5 Å². The Morgan fingerprint density at radius 2 is 1.95 bits per heavy atom. The summed E-state index contributed by atoms with van der Waals surface area (Å²) in [5.74, 6) is -0.488. The Morgan fingerprint density at radius 3 is 2.38 bits per heavy atom. The number of nitrogens with one attached hydrogen (secondary N) is 1. The van der Waals surface area contributed by atoms with Crippen molar-refractivity contribution in [3.63, 3.8) is 0 Å². The zero-order valence-electron chi connectivity index (χ0n) is 11.9. The predicted octanol–water partition coefficient (Wildman–Crippen LogP) is 0.735. The molecule has 1 aromatic carbocycles. The predicted molar refractivity (Wildman–Crippen MR) is 79.1 cm³/mol. The van der Waals surface area contributed by atoms with Crippen molar-refractivity contribution in [3.8, 4) is 0 Å². The number of hydrogen-bond acceptors (Lipinski definition) is 5. The molecule has 1 aromatic rings. The van der Waals surface area contributed by atoms with Crippen LogP contribution in [0.5, 0.6) is 0 Å². The highest BCUT2D eigenvalue weighted by atomic mass is 32.2. The number of carbonyl (C=O) groups is 1. The lowest BCUT2D eigenvalue weighted by Gasteiger charge is -2.16. The lowest BCUT2D eigenvalue weighted by Crippen LogP contribution is -2.44. The summed E-state index contributed by atoms with van der Waals surface area (Å²) in [5, 5.41) is 14.2. The van der Waals surface area contributed by atoms with Crippen LogP contribution in [0.25, 0.3) is 0 Å². The lowest BCUT2D eigenvalue weighted by molar-refractivity contribution is 0.0944. The first kappa shape index (κ1) is 17.0. The summed E-state index contributed by atoms with van der Waals surface area (Å²) >= 11 is 0. The summed E-state index contributed by atoms with van der Waals surface area (Å²) in [6.45, 7) is 1.91. The van der Waals surface area contributed by atoms with Gasteiger partial charge in [0.15, 0.2) is 15.7 Å². The molecule has 1 unspecified atom stereocenters. The molecule has 0 fully saturated rings. The second-order valence-corrected chi connectivity index (χ2v) is 6.65. The fourth-order valence-electron chi connectivity index (χ4n) is 1.75. The molecule has 4 N–H and O–H groups in total. The lowest BCUT2D eigenvalue weighted by atomic mass is 10.1. The van der Waals surface area contributed by atoms with Gasteiger partial charge in [0.25, 0.3) is 5.91 Å². The van der Waals surface area contributed by atoms with Crippen LogP contribution in [-0.2, 0) is 9.84 Å². The molecule has 0 saturated heterocycles. The van der Waals surface area contributed by atoms with Gasteiger partial charge in [0.05, 0.1) is 10.9 Å². The van der Waals surface area contributed by atoms with Crippen molar-refractivity contribution in [2.24, 2.45) is 10.9 Å². The fraction of sp³-hybridized carbons (Fsp3) is 0.385. The van der Waals surface area contributed by atoms with Crippen molar-refractivity contribution in [1.82, 2.24) is 5.32 Å². The summed E-state index contributed by atoms with van der Waals surface area (Å²) < 4.78 is 22.7. The number of amidine groups is 1. The van der Waals surface area contributed by atoms with Crippen LogP contribution < -0.4 is 11.1 Å². The van der Waals surface area contributed by atoms with Crippen LogP contribution in [0.15, 0.2) is 34.3 Å². The van der Waals surface area contributed by atoms with Crippen LogP contribution in [0, 0.1) is 0 Å². The third kappa shape index (κ3) is 4.75. The number of oxime groups is 1. The van der Waals surface area contributed by atoms with Gasteiger partial charge >= 0.3 is 0 Å². The average molecular weight is 313 g/mol. The normalized spacial score (nSPS) is 13.7. The molecule has 8 heteroatoms. The quantitative estimate of drug-likeness (QED) is 0.309. The first-order chi connectivity index (χ1) is 9.79. The first-order valence-corrected chi connectivity index (χ1v) is 8.27. The van der Waals surface area contributed by atoms with Crippen LogP contribution in [-0.4, -0.2) is 37.7 Å². The zero-order valence-corrected chi connectivity index (χ0v) is 12.7. The van der Waals surface area contributed by atoms with E-state index in [9.17, 15) is 13.2 Å². The van der Waals surface area contributed by atoms with E-state index >= 15 is 0 Å². The SMILES string of the molecule is CCCC(NC(=O)c1ccc(S(C)(=O)=O)cc1)/C(N)=N/O. The summed E-state index contributed by atoms with van der Waals surface area (Å²) in [6.07, 6.45) is 2.37. The molecule has 7 nitrogen and oxygen atoms in total. The Bertz CT molecular complexity index is 623. The molecule has 0 aliphatic carbocycles. The number of benzene rings is 1. The van der Waals surface area contributed by atoms with Gasteiger partial charge in [0, 0.05) is 11.8 Å². The minimum Gasteiger partial charge on any atom is -0.409 e. The van der Waals surface area contributed by atoms with Crippen molar-refractivity contribution in [2.45, 2.75) is 30.7 Å². The van der Waals surface area contributed by atoms with Gasteiger partial charge in [-0.25, -0.2) is 8.42 Å². The van der Waals surface area contributed by atoms with Crippen molar-refractivity contribution < 1.29 is 18.4 Å². The molecule has 1 rings (SSSR count). The topological polar surface area (TPSA) is 122 Å². The van der Waals surface area contributed by atoms with E-state index in [0.717, 1.165) is 12.7 Å². The third-order valence-electron chi connectivity index (χ3n) is 2.90. The Morgan fingerprint density at radius 1 is 1.38 bits per heavy atom. The number of amides is 1. The molecule has 1 amide bonds. The molecule has 0 bridgehead atoms. The molecule has 116 valence electrons. The standard InChI is InChI=1S/C13H19N3O4S/c1-3-4-11(12(14)16-18)15-13(17)9-5-7-10(8-6-9)21(2,19)20/h5-8,11,18H,3-4H2,1-2H3,(H2,14,16)(H,15,17). The highest BCUT2D eigenvalue weighted by Gasteiger charge is 2.17. The number of nitrogens with zero attached hydrogens (tertiary/aromatic N) is 1. The molecule has 21 heavy (non-hydrogen) atoms. The van der Waals surface area contributed by atoms with E-state index in [4.69, 9.17) is 10.9 Å². The molecule has 1 atom stereocenters. The van der Waals surface area contributed by atoms with E-state index in [1.54, 1.807) is 0 Å². The molecular formula is C13H19N3O4S. The minimum atomic E-state index is -3.30. The molecule has 0 heterocycles. The van der Waals surface area contributed by atoms with Gasteiger partial charge in [-0.2, -0.15) is 0 Å². The molecular weight excluding hydrogens is 294 g/mol. The third-order valence-corrected chi connectivity index (χ3v) is 4.03. The van der Waals surface area contributed by atoms with Crippen molar-refractivity contribution in [1.29, 1.82) is 0 Å². The number of hydrogen-bond donors (Lipinski definition) is 3. The van der Waals surface area contributed by atoms with Gasteiger partial charge < -0.3 is 16.3 Å². The second-order valence-electron chi connectivity index (χ2n) is 4.64. The van der Waals surface area contributed by atoms with Crippen LogP contribution in [0.1, 0.15) is 30.1 Å². The Kier molecular flexibility index (Phi) is 5.71. The molecule has 0 saturated carbocycles. The van der Waals surface area contributed by atoms with Crippen LogP contribution >= 0.6 is 0 Å². The van der Waals surface area contributed by atoms with E-state index in [0.29, 0.717) is 12.0 Å². The van der Waals surface area contributed by atoms with Gasteiger partial charge in [-0.05, 0) is 30.7 Å². The molecule has 0 aliphatic heterocycles. The molecule has 0 spiro atoms. The van der Waals surface area contributed by atoms with Crippen molar-refractivity contribution in [2.75, 3.05) is 6.26 Å². The Balaban J connectivity index is 2.88. The van der Waals surface area contributed by atoms with E-state index in [1.807, 2.05) is 6.92 Å². The highest BCUT2D eigenvalue weighted by Crippen LogP contribution is 2.10. The maximum Gasteiger partial charge on any atom is 0.251 e.